The van der Waals surface area contributed by atoms with E-state index in [9.17, 15) is 9.18 Å². The molecule has 0 spiro atoms. The summed E-state index contributed by atoms with van der Waals surface area (Å²) in [5.74, 6) is -0.0111. The molecule has 0 saturated carbocycles. The molecule has 6 heteroatoms. The molecule has 0 aliphatic rings. The number of thiazole rings is 1. The van der Waals surface area contributed by atoms with Gasteiger partial charge in [0.25, 0.3) is 0 Å². The van der Waals surface area contributed by atoms with Crippen molar-refractivity contribution >= 4 is 22.2 Å². The van der Waals surface area contributed by atoms with Gasteiger partial charge in [-0.25, -0.2) is 9.37 Å². The maximum atomic E-state index is 14.5. The second-order valence-corrected chi connectivity index (χ2v) is 7.13. The van der Waals surface area contributed by atoms with Crippen LogP contribution in [0.1, 0.15) is 48.6 Å². The highest BCUT2D eigenvalue weighted by molar-refractivity contribution is 7.09. The van der Waals surface area contributed by atoms with Gasteiger partial charge in [-0.2, -0.15) is 5.10 Å². The van der Waals surface area contributed by atoms with Gasteiger partial charge in [-0.1, -0.05) is 13.8 Å². The number of hydrogen-bond donors (Lipinski definition) is 0. The van der Waals surface area contributed by atoms with Gasteiger partial charge in [0.1, 0.15) is 11.5 Å². The number of aromatic nitrogens is 3. The van der Waals surface area contributed by atoms with Crippen LogP contribution in [0, 0.1) is 12.7 Å². The molecule has 0 saturated heterocycles. The number of benzene rings is 1. The van der Waals surface area contributed by atoms with Crippen LogP contribution in [0.15, 0.2) is 22.3 Å². The lowest BCUT2D eigenvalue weighted by atomic mass is 10.1. The standard InChI is InChI=1S/C18H20FN3OS/c1-5-22-16-6-12(7-17-20-15(9-24-17)10(2)3)14(19)8-13(16)18(23)11(4)21-22/h6,8-10H,5,7H2,1-4H3. The molecule has 126 valence electrons. The summed E-state index contributed by atoms with van der Waals surface area (Å²) in [5.41, 5.74) is 2.41. The molecular weight excluding hydrogens is 325 g/mol. The molecule has 0 atom stereocenters. The average molecular weight is 345 g/mol. The first-order chi connectivity index (χ1) is 11.4. The maximum Gasteiger partial charge on any atom is 0.210 e. The van der Waals surface area contributed by atoms with Crippen LogP contribution in [0.3, 0.4) is 0 Å². The van der Waals surface area contributed by atoms with E-state index in [0.29, 0.717) is 41.0 Å². The van der Waals surface area contributed by atoms with Gasteiger partial charge in [-0.15, -0.1) is 11.3 Å². The van der Waals surface area contributed by atoms with Gasteiger partial charge in [-0.3, -0.25) is 9.48 Å². The largest absolute Gasteiger partial charge is 0.287 e. The Morgan fingerprint density at radius 3 is 2.71 bits per heavy atom. The van der Waals surface area contributed by atoms with Gasteiger partial charge >= 0.3 is 0 Å². The highest BCUT2D eigenvalue weighted by atomic mass is 32.1. The van der Waals surface area contributed by atoms with E-state index in [1.165, 1.54) is 6.07 Å². The minimum absolute atomic E-state index is 0.212. The lowest BCUT2D eigenvalue weighted by molar-refractivity contribution is 0.612. The lowest BCUT2D eigenvalue weighted by Crippen LogP contribution is -2.17. The predicted octanol–water partition coefficient (Wildman–Crippen LogP) is 4.03. The quantitative estimate of drug-likeness (QED) is 0.717. The van der Waals surface area contributed by atoms with Crippen molar-refractivity contribution in [1.82, 2.24) is 14.8 Å². The minimum atomic E-state index is -0.367. The van der Waals surface area contributed by atoms with Crippen LogP contribution >= 0.6 is 11.3 Å². The third kappa shape index (κ3) is 2.98. The predicted molar refractivity (Wildman–Crippen MR) is 95.4 cm³/mol. The number of nitrogens with zero attached hydrogens (tertiary/aromatic N) is 3. The molecule has 0 amide bonds. The summed E-state index contributed by atoms with van der Waals surface area (Å²) in [5, 5.41) is 7.57. The summed E-state index contributed by atoms with van der Waals surface area (Å²) < 4.78 is 16.3. The van der Waals surface area contributed by atoms with Gasteiger partial charge < -0.3 is 0 Å². The molecule has 0 N–H and O–H groups in total. The van der Waals surface area contributed by atoms with Crippen LogP contribution in [0.4, 0.5) is 4.39 Å². The lowest BCUT2D eigenvalue weighted by Gasteiger charge is -2.11. The molecule has 1 aromatic carbocycles. The van der Waals surface area contributed by atoms with Gasteiger partial charge in [0.2, 0.25) is 5.43 Å². The van der Waals surface area contributed by atoms with Crippen molar-refractivity contribution in [3.8, 4) is 0 Å². The Morgan fingerprint density at radius 1 is 1.33 bits per heavy atom. The summed E-state index contributed by atoms with van der Waals surface area (Å²) in [6, 6.07) is 3.07. The van der Waals surface area contributed by atoms with Gasteiger partial charge in [0.05, 0.1) is 21.6 Å². The highest BCUT2D eigenvalue weighted by Crippen LogP contribution is 2.23. The third-order valence-electron chi connectivity index (χ3n) is 4.09. The monoisotopic (exact) mass is 345 g/mol. The van der Waals surface area contributed by atoms with E-state index in [1.54, 1.807) is 29.0 Å². The first-order valence-corrected chi connectivity index (χ1v) is 8.92. The molecule has 0 aliphatic carbocycles. The molecule has 0 bridgehead atoms. The Bertz CT molecular complexity index is 959. The van der Waals surface area contributed by atoms with E-state index in [2.05, 4.69) is 23.9 Å². The first-order valence-electron chi connectivity index (χ1n) is 8.04. The number of rotatable bonds is 4. The molecule has 0 radical (unpaired) electrons. The average Bonchev–Trinajstić information content (AvgIpc) is 3.01. The topological polar surface area (TPSA) is 47.8 Å². The maximum absolute atomic E-state index is 14.5. The summed E-state index contributed by atoms with van der Waals surface area (Å²) in [6.07, 6.45) is 0.422. The fourth-order valence-electron chi connectivity index (χ4n) is 2.69. The highest BCUT2D eigenvalue weighted by Gasteiger charge is 2.14. The summed E-state index contributed by atoms with van der Waals surface area (Å²) in [6.45, 7) is 8.40. The third-order valence-corrected chi connectivity index (χ3v) is 4.96. The molecule has 2 heterocycles. The van der Waals surface area contributed by atoms with E-state index in [1.807, 2.05) is 12.3 Å². The van der Waals surface area contributed by atoms with Crippen molar-refractivity contribution in [3.05, 3.63) is 55.5 Å². The van der Waals surface area contributed by atoms with Crippen molar-refractivity contribution in [3.63, 3.8) is 0 Å². The Kier molecular flexibility index (Phi) is 4.49. The zero-order valence-corrected chi connectivity index (χ0v) is 15.1. The SMILES string of the molecule is CCn1nc(C)c(=O)c2cc(F)c(Cc3nc(C(C)C)cs3)cc21. The number of aryl methyl sites for hydroxylation is 2. The van der Waals surface area contributed by atoms with Gasteiger partial charge in [0.15, 0.2) is 0 Å². The zero-order valence-electron chi connectivity index (χ0n) is 14.3. The zero-order chi connectivity index (χ0) is 17.4. The smallest absolute Gasteiger partial charge is 0.210 e. The fraction of sp³-hybridized carbons (Fsp3) is 0.389. The van der Waals surface area contributed by atoms with Crippen LogP contribution < -0.4 is 5.43 Å². The number of fused-ring (bicyclic) bond motifs is 1. The molecule has 24 heavy (non-hydrogen) atoms. The van der Waals surface area contributed by atoms with Crippen molar-refractivity contribution in [2.75, 3.05) is 0 Å². The van der Waals surface area contributed by atoms with Crippen LogP contribution in [-0.4, -0.2) is 14.8 Å². The molecule has 3 rings (SSSR count). The second-order valence-electron chi connectivity index (χ2n) is 6.19. The first kappa shape index (κ1) is 16.8. The van der Waals surface area contributed by atoms with Crippen LogP contribution in [0.2, 0.25) is 0 Å². The van der Waals surface area contributed by atoms with Crippen molar-refractivity contribution in [2.24, 2.45) is 0 Å². The Hall–Kier alpha value is -2.08. The normalized spacial score (nSPS) is 11.6. The molecular formula is C18H20FN3OS. The summed E-state index contributed by atoms with van der Waals surface area (Å²) in [7, 11) is 0. The van der Waals surface area contributed by atoms with E-state index in [4.69, 9.17) is 0 Å². The fourth-order valence-corrected chi connectivity index (χ4v) is 3.67. The molecule has 0 aliphatic heterocycles. The van der Waals surface area contributed by atoms with E-state index < -0.39 is 0 Å². The number of hydrogen-bond acceptors (Lipinski definition) is 4. The van der Waals surface area contributed by atoms with Gasteiger partial charge in [0, 0.05) is 18.3 Å². The minimum Gasteiger partial charge on any atom is -0.287 e. The van der Waals surface area contributed by atoms with Crippen molar-refractivity contribution in [1.29, 1.82) is 0 Å². The molecule has 3 aromatic rings. The van der Waals surface area contributed by atoms with E-state index in [-0.39, 0.29) is 11.2 Å². The van der Waals surface area contributed by atoms with E-state index >= 15 is 0 Å². The summed E-state index contributed by atoms with van der Waals surface area (Å²) in [4.78, 5) is 16.8. The van der Waals surface area contributed by atoms with Crippen molar-refractivity contribution in [2.45, 2.75) is 46.6 Å². The molecule has 0 unspecified atom stereocenters. The van der Waals surface area contributed by atoms with Crippen LogP contribution in [0.5, 0.6) is 0 Å². The molecule has 4 nitrogen and oxygen atoms in total. The van der Waals surface area contributed by atoms with Gasteiger partial charge in [-0.05, 0) is 37.5 Å². The van der Waals surface area contributed by atoms with Crippen LogP contribution in [-0.2, 0) is 13.0 Å². The van der Waals surface area contributed by atoms with E-state index in [0.717, 1.165) is 10.7 Å². The Balaban J connectivity index is 2.10. The molecule has 2 aromatic heterocycles. The Labute approximate surface area is 144 Å². The van der Waals surface area contributed by atoms with Crippen LogP contribution in [0.25, 0.3) is 10.9 Å². The summed E-state index contributed by atoms with van der Waals surface area (Å²) >= 11 is 1.54. The Morgan fingerprint density at radius 2 is 2.08 bits per heavy atom. The number of halogens is 1. The van der Waals surface area contributed by atoms with Crippen molar-refractivity contribution < 1.29 is 4.39 Å². The second kappa shape index (κ2) is 6.43. The molecule has 0 fully saturated rings.